The van der Waals surface area contributed by atoms with Crippen molar-refractivity contribution in [3.05, 3.63) is 18.7 Å². The van der Waals surface area contributed by atoms with Gasteiger partial charge in [0.1, 0.15) is 12.4 Å². The van der Waals surface area contributed by atoms with Gasteiger partial charge in [0.05, 0.1) is 25.2 Å². The highest BCUT2D eigenvalue weighted by molar-refractivity contribution is 5.81. The molecule has 74 valence electrons. The lowest BCUT2D eigenvalue weighted by molar-refractivity contribution is -0.143. The second-order valence-corrected chi connectivity index (χ2v) is 3.12. The van der Waals surface area contributed by atoms with E-state index in [1.807, 2.05) is 4.90 Å². The number of hydrogen-bond donors (Lipinski definition) is 0. The van der Waals surface area contributed by atoms with Gasteiger partial charge in [0.25, 0.3) is 0 Å². The fourth-order valence-corrected chi connectivity index (χ4v) is 1.52. The van der Waals surface area contributed by atoms with Crippen molar-refractivity contribution in [3.63, 3.8) is 0 Å². The standard InChI is InChI=1S/C9H11N3O2/c1-14-9(13)8-2-3-12(8)7-4-10-6-11-5-7/h4-6,8H,2-3H2,1H3. The number of aromatic nitrogens is 2. The zero-order valence-electron chi connectivity index (χ0n) is 7.88. The van der Waals surface area contributed by atoms with E-state index in [1.54, 1.807) is 12.4 Å². The van der Waals surface area contributed by atoms with Gasteiger partial charge >= 0.3 is 5.97 Å². The molecule has 2 heterocycles. The van der Waals surface area contributed by atoms with Gasteiger partial charge in [0.15, 0.2) is 0 Å². The molecule has 2 rings (SSSR count). The van der Waals surface area contributed by atoms with E-state index >= 15 is 0 Å². The van der Waals surface area contributed by atoms with Gasteiger partial charge in [-0.2, -0.15) is 0 Å². The summed E-state index contributed by atoms with van der Waals surface area (Å²) < 4.78 is 4.68. The second kappa shape index (κ2) is 3.61. The summed E-state index contributed by atoms with van der Waals surface area (Å²) >= 11 is 0. The molecular formula is C9H11N3O2. The molecule has 0 saturated carbocycles. The maximum Gasteiger partial charge on any atom is 0.328 e. The largest absolute Gasteiger partial charge is 0.467 e. The first-order valence-corrected chi connectivity index (χ1v) is 4.42. The van der Waals surface area contributed by atoms with Crippen molar-refractivity contribution in [3.8, 4) is 0 Å². The molecule has 0 aromatic carbocycles. The van der Waals surface area contributed by atoms with Gasteiger partial charge in [-0.3, -0.25) is 0 Å². The number of ether oxygens (including phenoxy) is 1. The van der Waals surface area contributed by atoms with Crippen molar-refractivity contribution in [1.82, 2.24) is 9.97 Å². The molecule has 14 heavy (non-hydrogen) atoms. The number of hydrogen-bond acceptors (Lipinski definition) is 5. The van der Waals surface area contributed by atoms with Crippen LogP contribution < -0.4 is 4.90 Å². The Kier molecular flexibility index (Phi) is 2.30. The molecule has 0 spiro atoms. The van der Waals surface area contributed by atoms with Gasteiger partial charge in [0.2, 0.25) is 0 Å². The van der Waals surface area contributed by atoms with Gasteiger partial charge in [-0.25, -0.2) is 14.8 Å². The zero-order chi connectivity index (χ0) is 9.97. The van der Waals surface area contributed by atoms with Crippen LogP contribution in [0.1, 0.15) is 6.42 Å². The van der Waals surface area contributed by atoms with Crippen LogP contribution in [-0.2, 0) is 9.53 Å². The van der Waals surface area contributed by atoms with Crippen LogP contribution in [0.15, 0.2) is 18.7 Å². The smallest absolute Gasteiger partial charge is 0.328 e. The molecular weight excluding hydrogens is 182 g/mol. The summed E-state index contributed by atoms with van der Waals surface area (Å²) in [5.74, 6) is -0.194. The predicted molar refractivity (Wildman–Crippen MR) is 49.8 cm³/mol. The number of carbonyl (C=O) groups is 1. The maximum absolute atomic E-state index is 11.3. The molecule has 0 aliphatic carbocycles. The normalized spacial score (nSPS) is 20.1. The van der Waals surface area contributed by atoms with Crippen molar-refractivity contribution in [2.24, 2.45) is 0 Å². The zero-order valence-corrected chi connectivity index (χ0v) is 7.88. The topological polar surface area (TPSA) is 55.3 Å². The maximum atomic E-state index is 11.3. The molecule has 5 heteroatoms. The van der Waals surface area contributed by atoms with E-state index < -0.39 is 0 Å². The first-order chi connectivity index (χ1) is 6.83. The van der Waals surface area contributed by atoms with Crippen LogP contribution >= 0.6 is 0 Å². The van der Waals surface area contributed by atoms with Gasteiger partial charge in [-0.05, 0) is 6.42 Å². The van der Waals surface area contributed by atoms with Crippen molar-refractivity contribution in [2.45, 2.75) is 12.5 Å². The molecule has 1 atom stereocenters. The summed E-state index contributed by atoms with van der Waals surface area (Å²) in [7, 11) is 1.40. The Balaban J connectivity index is 2.10. The Bertz CT molecular complexity index is 328. The van der Waals surface area contributed by atoms with E-state index in [9.17, 15) is 4.79 Å². The Hall–Kier alpha value is -1.65. The second-order valence-electron chi connectivity index (χ2n) is 3.12. The number of rotatable bonds is 2. The molecule has 1 fully saturated rings. The Morgan fingerprint density at radius 3 is 2.79 bits per heavy atom. The molecule has 0 amide bonds. The molecule has 1 aromatic heterocycles. The highest BCUT2D eigenvalue weighted by atomic mass is 16.5. The molecule has 1 saturated heterocycles. The van der Waals surface area contributed by atoms with E-state index in [-0.39, 0.29) is 12.0 Å². The Labute approximate surface area is 81.7 Å². The van der Waals surface area contributed by atoms with Crippen LogP contribution in [0.3, 0.4) is 0 Å². The summed E-state index contributed by atoms with van der Waals surface area (Å²) in [6.45, 7) is 0.854. The summed E-state index contributed by atoms with van der Waals surface area (Å²) in [6.07, 6.45) is 5.70. The molecule has 5 nitrogen and oxygen atoms in total. The highest BCUT2D eigenvalue weighted by Gasteiger charge is 2.35. The van der Waals surface area contributed by atoms with Gasteiger partial charge < -0.3 is 9.64 Å². The molecule has 0 radical (unpaired) electrons. The lowest BCUT2D eigenvalue weighted by atomic mass is 10.0. The minimum atomic E-state index is -0.194. The molecule has 1 aliphatic rings. The number of methoxy groups -OCH3 is 1. The number of anilines is 1. The first kappa shape index (κ1) is 8.93. The van der Waals surface area contributed by atoms with Crippen molar-refractivity contribution in [1.29, 1.82) is 0 Å². The Morgan fingerprint density at radius 1 is 1.57 bits per heavy atom. The van der Waals surface area contributed by atoms with Crippen LogP contribution in [0.5, 0.6) is 0 Å². The fourth-order valence-electron chi connectivity index (χ4n) is 1.52. The molecule has 1 aromatic rings. The minimum absolute atomic E-state index is 0.161. The third-order valence-corrected chi connectivity index (χ3v) is 2.37. The van der Waals surface area contributed by atoms with Crippen LogP contribution in [0, 0.1) is 0 Å². The quantitative estimate of drug-likeness (QED) is 0.629. The van der Waals surface area contributed by atoms with E-state index in [0.29, 0.717) is 0 Å². The van der Waals surface area contributed by atoms with E-state index in [4.69, 9.17) is 0 Å². The fraction of sp³-hybridized carbons (Fsp3) is 0.444. The van der Waals surface area contributed by atoms with Gasteiger partial charge in [0, 0.05) is 6.54 Å². The van der Waals surface area contributed by atoms with Gasteiger partial charge in [-0.15, -0.1) is 0 Å². The van der Waals surface area contributed by atoms with Gasteiger partial charge in [-0.1, -0.05) is 0 Å². The third-order valence-electron chi connectivity index (χ3n) is 2.37. The van der Waals surface area contributed by atoms with Crippen LogP contribution in [0.25, 0.3) is 0 Å². The summed E-state index contributed by atoms with van der Waals surface area (Å²) in [6, 6.07) is -0.161. The highest BCUT2D eigenvalue weighted by Crippen LogP contribution is 2.25. The first-order valence-electron chi connectivity index (χ1n) is 4.42. The predicted octanol–water partition coefficient (Wildman–Crippen LogP) is 0.228. The van der Waals surface area contributed by atoms with Crippen LogP contribution in [-0.4, -0.2) is 35.6 Å². The summed E-state index contributed by atoms with van der Waals surface area (Å²) in [4.78, 5) is 21.0. The summed E-state index contributed by atoms with van der Waals surface area (Å²) in [5.41, 5.74) is 0.870. The molecule has 0 N–H and O–H groups in total. The number of carbonyl (C=O) groups excluding carboxylic acids is 1. The van der Waals surface area contributed by atoms with Crippen molar-refractivity contribution >= 4 is 11.7 Å². The lowest BCUT2D eigenvalue weighted by Crippen LogP contribution is -2.53. The Morgan fingerprint density at radius 2 is 2.29 bits per heavy atom. The summed E-state index contributed by atoms with van der Waals surface area (Å²) in [5, 5.41) is 0. The number of nitrogens with zero attached hydrogens (tertiary/aromatic N) is 3. The monoisotopic (exact) mass is 193 g/mol. The molecule has 1 aliphatic heterocycles. The van der Waals surface area contributed by atoms with Crippen molar-refractivity contribution < 1.29 is 9.53 Å². The van der Waals surface area contributed by atoms with E-state index in [2.05, 4.69) is 14.7 Å². The molecule has 0 bridgehead atoms. The van der Waals surface area contributed by atoms with E-state index in [0.717, 1.165) is 18.7 Å². The van der Waals surface area contributed by atoms with Crippen LogP contribution in [0.4, 0.5) is 5.69 Å². The SMILES string of the molecule is COC(=O)C1CCN1c1cncnc1. The average Bonchev–Trinajstić information content (AvgIpc) is 2.17. The lowest BCUT2D eigenvalue weighted by Gasteiger charge is -2.40. The third kappa shape index (κ3) is 1.41. The van der Waals surface area contributed by atoms with Crippen molar-refractivity contribution in [2.75, 3.05) is 18.6 Å². The van der Waals surface area contributed by atoms with Crippen LogP contribution in [0.2, 0.25) is 0 Å². The average molecular weight is 193 g/mol. The van der Waals surface area contributed by atoms with E-state index in [1.165, 1.54) is 13.4 Å². The molecule has 1 unspecified atom stereocenters. The number of esters is 1. The minimum Gasteiger partial charge on any atom is -0.467 e.